The highest BCUT2D eigenvalue weighted by atomic mass is 32.1. The molecule has 0 saturated carbocycles. The third-order valence-corrected chi connectivity index (χ3v) is 4.38. The highest BCUT2D eigenvalue weighted by molar-refractivity contribution is 7.14. The van der Waals surface area contributed by atoms with Crippen LogP contribution in [0.5, 0.6) is 0 Å². The van der Waals surface area contributed by atoms with E-state index in [1.165, 1.54) is 5.00 Å². The summed E-state index contributed by atoms with van der Waals surface area (Å²) in [7, 11) is 0. The minimum Gasteiger partial charge on any atom is -0.360 e. The summed E-state index contributed by atoms with van der Waals surface area (Å²) >= 11 is 1.75. The van der Waals surface area contributed by atoms with Crippen LogP contribution in [0.25, 0.3) is 0 Å². The molecule has 1 atom stereocenters. The van der Waals surface area contributed by atoms with Crippen molar-refractivity contribution in [2.45, 2.75) is 26.3 Å². The third-order valence-electron chi connectivity index (χ3n) is 3.45. The van der Waals surface area contributed by atoms with E-state index in [0.29, 0.717) is 5.92 Å². The topological polar surface area (TPSA) is 49.6 Å². The monoisotopic (exact) mass is 281 g/mol. The molecule has 1 aromatic rings. The first-order chi connectivity index (χ1) is 9.08. The van der Waals surface area contributed by atoms with Gasteiger partial charge in [-0.3, -0.25) is 4.79 Å². The average molecular weight is 281 g/mol. The normalized spacial score (nSPS) is 17.9. The van der Waals surface area contributed by atoms with Crippen molar-refractivity contribution >= 4 is 22.2 Å². The van der Waals surface area contributed by atoms with Crippen LogP contribution in [0.15, 0.2) is 17.5 Å². The molecule has 0 aliphatic carbocycles. The molecular weight excluding hydrogens is 258 g/mol. The summed E-state index contributed by atoms with van der Waals surface area (Å²) in [5.74, 6) is 0.575. The van der Waals surface area contributed by atoms with Gasteiger partial charge in [-0.25, -0.2) is 0 Å². The Balaban J connectivity index is 1.84. The van der Waals surface area contributed by atoms with Crippen molar-refractivity contribution in [2.75, 3.05) is 31.1 Å². The second kappa shape index (κ2) is 6.39. The smallest absolute Gasteiger partial charge is 0.239 e. The van der Waals surface area contributed by atoms with Crippen molar-refractivity contribution in [1.29, 1.82) is 0 Å². The van der Waals surface area contributed by atoms with E-state index < -0.39 is 0 Å². The minimum absolute atomic E-state index is 0.111. The largest absolute Gasteiger partial charge is 0.360 e. The molecule has 1 aliphatic rings. The van der Waals surface area contributed by atoms with Crippen molar-refractivity contribution in [3.05, 3.63) is 17.5 Å². The van der Waals surface area contributed by atoms with E-state index in [1.54, 1.807) is 11.3 Å². The van der Waals surface area contributed by atoms with Gasteiger partial charge in [0.1, 0.15) is 0 Å². The maximum Gasteiger partial charge on any atom is 0.239 e. The number of rotatable bonds is 4. The predicted molar refractivity (Wildman–Crippen MR) is 80.5 cm³/mol. The number of thiophene rings is 1. The van der Waals surface area contributed by atoms with E-state index in [-0.39, 0.29) is 11.9 Å². The Labute approximate surface area is 119 Å². The molecule has 1 aromatic heterocycles. The van der Waals surface area contributed by atoms with Crippen LogP contribution in [0.4, 0.5) is 5.00 Å². The number of hydrogen-bond donors (Lipinski definition) is 1. The lowest BCUT2D eigenvalue weighted by Crippen LogP contribution is -2.53. The van der Waals surface area contributed by atoms with Gasteiger partial charge in [-0.2, -0.15) is 0 Å². The van der Waals surface area contributed by atoms with Gasteiger partial charge in [0.05, 0.1) is 11.0 Å². The zero-order valence-electron chi connectivity index (χ0n) is 11.7. The SMILES string of the molecule is CC(C)C[C@H](N)C(=O)N1CCN(c2cccs2)CC1. The first kappa shape index (κ1) is 14.3. The molecule has 1 fully saturated rings. The Hall–Kier alpha value is -1.07. The van der Waals surface area contributed by atoms with Gasteiger partial charge in [-0.05, 0) is 29.9 Å². The van der Waals surface area contributed by atoms with Crippen LogP contribution in [0.2, 0.25) is 0 Å². The lowest BCUT2D eigenvalue weighted by molar-refractivity contribution is -0.133. The minimum atomic E-state index is -0.340. The van der Waals surface area contributed by atoms with E-state index in [1.807, 2.05) is 4.90 Å². The van der Waals surface area contributed by atoms with Crippen LogP contribution < -0.4 is 10.6 Å². The molecule has 0 aromatic carbocycles. The maximum absolute atomic E-state index is 12.2. The lowest BCUT2D eigenvalue weighted by Gasteiger charge is -2.36. The summed E-state index contributed by atoms with van der Waals surface area (Å²) in [6, 6.07) is 3.86. The van der Waals surface area contributed by atoms with Crippen LogP contribution in [0.1, 0.15) is 20.3 Å². The van der Waals surface area contributed by atoms with Crippen molar-refractivity contribution in [2.24, 2.45) is 11.7 Å². The maximum atomic E-state index is 12.2. The zero-order chi connectivity index (χ0) is 13.8. The molecule has 2 N–H and O–H groups in total. The molecule has 1 saturated heterocycles. The van der Waals surface area contributed by atoms with Crippen molar-refractivity contribution in [1.82, 2.24) is 4.90 Å². The van der Waals surface area contributed by atoms with Crippen LogP contribution in [0, 0.1) is 5.92 Å². The molecule has 0 bridgehead atoms. The Bertz CT molecular complexity index is 397. The van der Waals surface area contributed by atoms with Crippen LogP contribution in [-0.2, 0) is 4.79 Å². The molecule has 0 radical (unpaired) electrons. The molecule has 2 heterocycles. The van der Waals surface area contributed by atoms with E-state index in [9.17, 15) is 4.79 Å². The quantitative estimate of drug-likeness (QED) is 0.915. The van der Waals surface area contributed by atoms with Gasteiger partial charge in [0.25, 0.3) is 0 Å². The Kier molecular flexibility index (Phi) is 4.82. The summed E-state index contributed by atoms with van der Waals surface area (Å²) in [6.07, 6.45) is 0.768. The number of anilines is 1. The number of piperazine rings is 1. The van der Waals surface area contributed by atoms with Gasteiger partial charge >= 0.3 is 0 Å². The number of carbonyl (C=O) groups is 1. The van der Waals surface area contributed by atoms with Crippen molar-refractivity contribution < 1.29 is 4.79 Å². The Morgan fingerprint density at radius 1 is 1.37 bits per heavy atom. The summed E-state index contributed by atoms with van der Waals surface area (Å²) in [5, 5.41) is 3.38. The number of nitrogens with zero attached hydrogens (tertiary/aromatic N) is 2. The van der Waals surface area contributed by atoms with E-state index in [0.717, 1.165) is 32.6 Å². The fourth-order valence-electron chi connectivity index (χ4n) is 2.44. The van der Waals surface area contributed by atoms with Crippen LogP contribution >= 0.6 is 11.3 Å². The van der Waals surface area contributed by atoms with Crippen LogP contribution in [-0.4, -0.2) is 43.0 Å². The van der Waals surface area contributed by atoms with Crippen molar-refractivity contribution in [3.63, 3.8) is 0 Å². The molecule has 1 aliphatic heterocycles. The zero-order valence-corrected chi connectivity index (χ0v) is 12.5. The summed E-state index contributed by atoms with van der Waals surface area (Å²) < 4.78 is 0. The van der Waals surface area contributed by atoms with Gasteiger partial charge in [0, 0.05) is 26.2 Å². The first-order valence-corrected chi connectivity index (χ1v) is 7.78. The van der Waals surface area contributed by atoms with Gasteiger partial charge in [0.15, 0.2) is 0 Å². The number of hydrogen-bond acceptors (Lipinski definition) is 4. The fourth-order valence-corrected chi connectivity index (χ4v) is 3.23. The first-order valence-electron chi connectivity index (χ1n) is 6.90. The second-order valence-corrected chi connectivity index (χ2v) is 6.43. The molecule has 19 heavy (non-hydrogen) atoms. The Morgan fingerprint density at radius 3 is 2.58 bits per heavy atom. The third kappa shape index (κ3) is 3.70. The van der Waals surface area contributed by atoms with Gasteiger partial charge < -0.3 is 15.5 Å². The fraction of sp³-hybridized carbons (Fsp3) is 0.643. The summed E-state index contributed by atoms with van der Waals surface area (Å²) in [4.78, 5) is 16.5. The highest BCUT2D eigenvalue weighted by Crippen LogP contribution is 2.22. The summed E-state index contributed by atoms with van der Waals surface area (Å²) in [5.41, 5.74) is 5.98. The van der Waals surface area contributed by atoms with E-state index in [2.05, 4.69) is 36.3 Å². The molecule has 1 amide bonds. The van der Waals surface area contributed by atoms with E-state index >= 15 is 0 Å². The molecule has 0 spiro atoms. The van der Waals surface area contributed by atoms with Gasteiger partial charge in [-0.1, -0.05) is 13.8 Å². The molecule has 106 valence electrons. The standard InChI is InChI=1S/C14H23N3OS/c1-11(2)10-12(15)14(18)17-7-5-16(6-8-17)13-4-3-9-19-13/h3-4,9,11-12H,5-8,10,15H2,1-2H3/t12-/m0/s1. The lowest BCUT2D eigenvalue weighted by atomic mass is 10.0. The van der Waals surface area contributed by atoms with Gasteiger partial charge in [-0.15, -0.1) is 11.3 Å². The average Bonchev–Trinajstić information content (AvgIpc) is 2.91. The Morgan fingerprint density at radius 2 is 2.05 bits per heavy atom. The second-order valence-electron chi connectivity index (χ2n) is 5.50. The molecule has 2 rings (SSSR count). The number of amides is 1. The van der Waals surface area contributed by atoms with Gasteiger partial charge in [0.2, 0.25) is 5.91 Å². The highest BCUT2D eigenvalue weighted by Gasteiger charge is 2.25. The molecule has 4 nitrogen and oxygen atoms in total. The van der Waals surface area contributed by atoms with Crippen LogP contribution in [0.3, 0.4) is 0 Å². The molecule has 5 heteroatoms. The molecular formula is C14H23N3OS. The van der Waals surface area contributed by atoms with Crippen molar-refractivity contribution in [3.8, 4) is 0 Å². The summed E-state index contributed by atoms with van der Waals surface area (Å²) in [6.45, 7) is 7.57. The number of nitrogens with two attached hydrogens (primary N) is 1. The number of carbonyl (C=O) groups excluding carboxylic acids is 1. The molecule has 0 unspecified atom stereocenters. The van der Waals surface area contributed by atoms with E-state index in [4.69, 9.17) is 5.73 Å². The predicted octanol–water partition coefficient (Wildman–Crippen LogP) is 1.77.